The lowest BCUT2D eigenvalue weighted by Crippen LogP contribution is -2.30. The first kappa shape index (κ1) is 12.1. The Morgan fingerprint density at radius 3 is 2.31 bits per heavy atom. The van der Waals surface area contributed by atoms with E-state index in [1.165, 1.54) is 0 Å². The van der Waals surface area contributed by atoms with E-state index in [2.05, 4.69) is 0 Å². The maximum atomic E-state index is 11.1. The van der Waals surface area contributed by atoms with E-state index in [9.17, 15) is 9.59 Å². The molecule has 4 heteroatoms. The normalized spacial score (nSPS) is 12.9. The largest absolute Gasteiger partial charge is 0.480 e. The van der Waals surface area contributed by atoms with Gasteiger partial charge in [-0.25, -0.2) is 0 Å². The van der Waals surface area contributed by atoms with Gasteiger partial charge >= 0.3 is 5.97 Å². The van der Waals surface area contributed by atoms with Gasteiger partial charge < -0.3 is 10.8 Å². The van der Waals surface area contributed by atoms with Crippen LogP contribution < -0.4 is 5.73 Å². The van der Waals surface area contributed by atoms with E-state index >= 15 is 0 Å². The van der Waals surface area contributed by atoms with Crippen LogP contribution in [0.4, 0.5) is 0 Å². The van der Waals surface area contributed by atoms with Crippen molar-refractivity contribution < 1.29 is 14.7 Å². The minimum atomic E-state index is -1.00. The zero-order valence-corrected chi connectivity index (χ0v) is 8.12. The SMILES string of the molecule is CC(C)C(=O)CCC[C@H](N)C(=O)O. The number of ketones is 1. The lowest BCUT2D eigenvalue weighted by Gasteiger charge is -2.06. The Kier molecular flexibility index (Phi) is 5.30. The number of carbonyl (C=O) groups is 2. The van der Waals surface area contributed by atoms with Crippen LogP contribution in [0.3, 0.4) is 0 Å². The quantitative estimate of drug-likeness (QED) is 0.644. The number of rotatable bonds is 6. The third-order valence-corrected chi connectivity index (χ3v) is 1.90. The van der Waals surface area contributed by atoms with E-state index in [0.717, 1.165) is 0 Å². The van der Waals surface area contributed by atoms with Crippen LogP contribution in [0.1, 0.15) is 33.1 Å². The molecule has 0 saturated heterocycles. The zero-order chi connectivity index (χ0) is 10.4. The number of carboxylic acid groups (broad SMARTS) is 1. The van der Waals surface area contributed by atoms with E-state index in [-0.39, 0.29) is 11.7 Å². The van der Waals surface area contributed by atoms with Gasteiger partial charge in [0.05, 0.1) is 0 Å². The summed E-state index contributed by atoms with van der Waals surface area (Å²) in [6.45, 7) is 3.67. The number of aliphatic carboxylic acids is 1. The van der Waals surface area contributed by atoms with Gasteiger partial charge in [0, 0.05) is 12.3 Å². The van der Waals surface area contributed by atoms with E-state index in [1.54, 1.807) is 0 Å². The number of hydrogen-bond donors (Lipinski definition) is 2. The van der Waals surface area contributed by atoms with E-state index in [0.29, 0.717) is 19.3 Å². The number of carbonyl (C=O) groups excluding carboxylic acids is 1. The molecule has 0 unspecified atom stereocenters. The Balaban J connectivity index is 3.56. The number of nitrogens with two attached hydrogens (primary N) is 1. The molecule has 0 aliphatic carbocycles. The highest BCUT2D eigenvalue weighted by molar-refractivity contribution is 5.80. The van der Waals surface area contributed by atoms with Gasteiger partial charge in [0.25, 0.3) is 0 Å². The molecule has 13 heavy (non-hydrogen) atoms. The van der Waals surface area contributed by atoms with E-state index in [1.807, 2.05) is 13.8 Å². The smallest absolute Gasteiger partial charge is 0.320 e. The third-order valence-electron chi connectivity index (χ3n) is 1.90. The Hall–Kier alpha value is -0.900. The summed E-state index contributed by atoms with van der Waals surface area (Å²) in [4.78, 5) is 21.4. The standard InChI is InChI=1S/C9H17NO3/c1-6(2)8(11)5-3-4-7(10)9(12)13/h6-7H,3-5,10H2,1-2H3,(H,12,13)/t7-/m0/s1. The first-order valence-corrected chi connectivity index (χ1v) is 4.46. The average molecular weight is 187 g/mol. The molecule has 0 aromatic rings. The van der Waals surface area contributed by atoms with Crippen LogP contribution in [0.15, 0.2) is 0 Å². The molecule has 0 rings (SSSR count). The molecule has 0 bridgehead atoms. The van der Waals surface area contributed by atoms with Crippen LogP contribution >= 0.6 is 0 Å². The van der Waals surface area contributed by atoms with Crippen LogP contribution in [0, 0.1) is 5.92 Å². The lowest BCUT2D eigenvalue weighted by molar-refractivity contribution is -0.138. The summed E-state index contributed by atoms with van der Waals surface area (Å²) in [6, 6.07) is -0.833. The van der Waals surface area contributed by atoms with Gasteiger partial charge in [-0.3, -0.25) is 9.59 Å². The van der Waals surface area contributed by atoms with Crippen molar-refractivity contribution in [3.05, 3.63) is 0 Å². The monoisotopic (exact) mass is 187 g/mol. The van der Waals surface area contributed by atoms with Gasteiger partial charge in [-0.05, 0) is 12.8 Å². The second kappa shape index (κ2) is 5.70. The van der Waals surface area contributed by atoms with Crippen LogP contribution in [-0.2, 0) is 9.59 Å². The molecule has 0 radical (unpaired) electrons. The van der Waals surface area contributed by atoms with Crippen molar-refractivity contribution in [2.24, 2.45) is 11.7 Å². The third kappa shape index (κ3) is 5.36. The maximum absolute atomic E-state index is 11.1. The average Bonchev–Trinajstić information content (AvgIpc) is 2.03. The molecule has 0 saturated carbocycles. The van der Waals surface area contributed by atoms with Crippen LogP contribution in [0.25, 0.3) is 0 Å². The van der Waals surface area contributed by atoms with E-state index < -0.39 is 12.0 Å². The minimum absolute atomic E-state index is 0.0288. The van der Waals surface area contributed by atoms with Crippen molar-refractivity contribution >= 4 is 11.8 Å². The summed E-state index contributed by atoms with van der Waals surface area (Å²) in [7, 11) is 0. The van der Waals surface area contributed by atoms with Crippen molar-refractivity contribution in [3.8, 4) is 0 Å². The summed E-state index contributed by atoms with van der Waals surface area (Å²) < 4.78 is 0. The fourth-order valence-electron chi connectivity index (χ4n) is 0.908. The van der Waals surface area contributed by atoms with Crippen LogP contribution in [0.2, 0.25) is 0 Å². The van der Waals surface area contributed by atoms with E-state index in [4.69, 9.17) is 10.8 Å². The van der Waals surface area contributed by atoms with Crippen LogP contribution in [0.5, 0.6) is 0 Å². The molecule has 4 nitrogen and oxygen atoms in total. The summed E-state index contributed by atoms with van der Waals surface area (Å²) in [6.07, 6.45) is 1.36. The molecule has 0 aromatic heterocycles. The first-order valence-electron chi connectivity index (χ1n) is 4.46. The second-order valence-corrected chi connectivity index (χ2v) is 3.46. The van der Waals surface area contributed by atoms with Crippen molar-refractivity contribution in [2.75, 3.05) is 0 Å². The Bertz CT molecular complexity index is 189. The highest BCUT2D eigenvalue weighted by Gasteiger charge is 2.12. The number of Topliss-reactive ketones (excluding diaryl/α,β-unsaturated/α-hetero) is 1. The van der Waals surface area contributed by atoms with Gasteiger partial charge in [-0.15, -0.1) is 0 Å². The van der Waals surface area contributed by atoms with Crippen molar-refractivity contribution in [1.29, 1.82) is 0 Å². The minimum Gasteiger partial charge on any atom is -0.480 e. The molecule has 76 valence electrons. The van der Waals surface area contributed by atoms with Gasteiger partial charge in [0.15, 0.2) is 0 Å². The first-order chi connectivity index (χ1) is 5.95. The predicted octanol–water partition coefficient (Wildman–Crippen LogP) is 0.794. The second-order valence-electron chi connectivity index (χ2n) is 3.46. The number of hydrogen-bond acceptors (Lipinski definition) is 3. The molecule has 0 aliphatic rings. The molecule has 0 spiro atoms. The molecular weight excluding hydrogens is 170 g/mol. The number of carboxylic acids is 1. The molecular formula is C9H17NO3. The van der Waals surface area contributed by atoms with Crippen molar-refractivity contribution in [3.63, 3.8) is 0 Å². The van der Waals surface area contributed by atoms with Gasteiger partial charge in [-0.2, -0.15) is 0 Å². The fraction of sp³-hybridized carbons (Fsp3) is 0.778. The summed E-state index contributed by atoms with van der Waals surface area (Å²) in [5, 5.41) is 8.45. The Morgan fingerprint density at radius 2 is 1.92 bits per heavy atom. The molecule has 0 heterocycles. The summed E-state index contributed by atoms with van der Waals surface area (Å²) in [5.74, 6) is -0.810. The molecule has 0 amide bonds. The van der Waals surface area contributed by atoms with Crippen LogP contribution in [-0.4, -0.2) is 22.9 Å². The highest BCUT2D eigenvalue weighted by atomic mass is 16.4. The topological polar surface area (TPSA) is 80.4 Å². The van der Waals surface area contributed by atoms with Crippen molar-refractivity contribution in [2.45, 2.75) is 39.2 Å². The Morgan fingerprint density at radius 1 is 1.38 bits per heavy atom. The Labute approximate surface area is 78.1 Å². The molecule has 0 aliphatic heterocycles. The fourth-order valence-corrected chi connectivity index (χ4v) is 0.908. The molecule has 0 fully saturated rings. The molecule has 3 N–H and O–H groups in total. The van der Waals surface area contributed by atoms with Gasteiger partial charge in [0.2, 0.25) is 0 Å². The predicted molar refractivity (Wildman–Crippen MR) is 49.3 cm³/mol. The van der Waals surface area contributed by atoms with Gasteiger partial charge in [0.1, 0.15) is 11.8 Å². The zero-order valence-electron chi connectivity index (χ0n) is 8.12. The molecule has 1 atom stereocenters. The summed E-state index contributed by atoms with van der Waals surface area (Å²) in [5.41, 5.74) is 5.27. The highest BCUT2D eigenvalue weighted by Crippen LogP contribution is 2.05. The molecule has 0 aromatic carbocycles. The summed E-state index contributed by atoms with van der Waals surface area (Å²) >= 11 is 0. The lowest BCUT2D eigenvalue weighted by atomic mass is 10.0. The maximum Gasteiger partial charge on any atom is 0.320 e. The van der Waals surface area contributed by atoms with Crippen molar-refractivity contribution in [1.82, 2.24) is 0 Å². The van der Waals surface area contributed by atoms with Gasteiger partial charge in [-0.1, -0.05) is 13.8 Å².